The average molecular weight is 597 g/mol. The monoisotopic (exact) mass is 596 g/mol. The lowest BCUT2D eigenvalue weighted by molar-refractivity contribution is 0.102. The molecule has 1 unspecified atom stereocenters. The van der Waals surface area contributed by atoms with Crippen LogP contribution in [-0.2, 0) is 11.8 Å². The van der Waals surface area contributed by atoms with Gasteiger partial charge in [0.2, 0.25) is 0 Å². The number of amides is 1. The van der Waals surface area contributed by atoms with E-state index in [2.05, 4.69) is 10.3 Å². The molecule has 0 radical (unpaired) electrons. The van der Waals surface area contributed by atoms with E-state index in [0.29, 0.717) is 46.7 Å². The first kappa shape index (κ1) is 28.2. The number of benzene rings is 3. The fourth-order valence-corrected chi connectivity index (χ4v) is 5.23. The fourth-order valence-electron chi connectivity index (χ4n) is 5.05. The zero-order chi connectivity index (χ0) is 30.1. The maximum absolute atomic E-state index is 13.3. The Morgan fingerprint density at radius 3 is 2.63 bits per heavy atom. The van der Waals surface area contributed by atoms with Crippen LogP contribution in [0.4, 0.5) is 11.5 Å². The minimum Gasteiger partial charge on any atom is -0.488 e. The Bertz CT molecular complexity index is 1880. The van der Waals surface area contributed by atoms with Crippen LogP contribution < -0.4 is 21.3 Å². The third-order valence-corrected chi connectivity index (χ3v) is 7.61. The molecule has 1 fully saturated rings. The SMILES string of the molecule is Cc1c(C(=O)Nc2ccc(-c3nc(-c4cccc(OC5CCOC5)c4)cnc3N)cc2)c(=O)n(-c2cccc(Cl)c2)n1C. The Morgan fingerprint density at radius 2 is 1.88 bits per heavy atom. The van der Waals surface area contributed by atoms with E-state index in [-0.39, 0.29) is 17.5 Å². The largest absolute Gasteiger partial charge is 0.488 e. The van der Waals surface area contributed by atoms with Gasteiger partial charge in [-0.15, -0.1) is 0 Å². The zero-order valence-corrected chi connectivity index (χ0v) is 24.3. The van der Waals surface area contributed by atoms with E-state index in [4.69, 9.17) is 31.8 Å². The van der Waals surface area contributed by atoms with Gasteiger partial charge in [-0.25, -0.2) is 14.6 Å². The Morgan fingerprint density at radius 1 is 1.09 bits per heavy atom. The van der Waals surface area contributed by atoms with Crippen LogP contribution in [-0.4, -0.2) is 44.6 Å². The summed E-state index contributed by atoms with van der Waals surface area (Å²) < 4.78 is 14.5. The number of ether oxygens (including phenoxy) is 2. The second-order valence-corrected chi connectivity index (χ2v) is 10.7. The number of carbonyl (C=O) groups excluding carboxylic acids is 1. The third-order valence-electron chi connectivity index (χ3n) is 7.37. The van der Waals surface area contributed by atoms with Crippen molar-refractivity contribution in [3.05, 3.63) is 106 Å². The number of nitrogens with zero attached hydrogens (tertiary/aromatic N) is 4. The predicted octanol–water partition coefficient (Wildman–Crippen LogP) is 5.26. The van der Waals surface area contributed by atoms with Crippen molar-refractivity contribution in [2.45, 2.75) is 19.4 Å². The Labute approximate surface area is 252 Å². The van der Waals surface area contributed by atoms with Crippen LogP contribution in [0, 0.1) is 6.92 Å². The first-order valence-electron chi connectivity index (χ1n) is 13.7. The van der Waals surface area contributed by atoms with Crippen molar-refractivity contribution in [1.29, 1.82) is 0 Å². The lowest BCUT2D eigenvalue weighted by atomic mass is 10.1. The van der Waals surface area contributed by atoms with Crippen molar-refractivity contribution in [1.82, 2.24) is 19.3 Å². The summed E-state index contributed by atoms with van der Waals surface area (Å²) in [5.41, 5.74) is 10.1. The highest BCUT2D eigenvalue weighted by Crippen LogP contribution is 2.29. The summed E-state index contributed by atoms with van der Waals surface area (Å²) in [6.45, 7) is 3.01. The van der Waals surface area contributed by atoms with Crippen LogP contribution in [0.2, 0.25) is 5.02 Å². The van der Waals surface area contributed by atoms with Gasteiger partial charge in [0.1, 0.15) is 28.9 Å². The number of nitrogen functional groups attached to an aromatic ring is 1. The number of rotatable bonds is 7. The Balaban J connectivity index is 1.22. The van der Waals surface area contributed by atoms with Gasteiger partial charge in [0, 0.05) is 35.3 Å². The van der Waals surface area contributed by atoms with Gasteiger partial charge >= 0.3 is 0 Å². The molecule has 0 saturated carbocycles. The number of halogens is 1. The molecule has 2 aromatic heterocycles. The van der Waals surface area contributed by atoms with Crippen molar-refractivity contribution < 1.29 is 14.3 Å². The predicted molar refractivity (Wildman–Crippen MR) is 166 cm³/mol. The van der Waals surface area contributed by atoms with Gasteiger partial charge < -0.3 is 20.5 Å². The first-order chi connectivity index (χ1) is 20.8. The topological polar surface area (TPSA) is 126 Å². The highest BCUT2D eigenvalue weighted by Gasteiger charge is 2.23. The van der Waals surface area contributed by atoms with Crippen LogP contribution in [0.3, 0.4) is 0 Å². The molecule has 11 heteroatoms. The molecule has 1 saturated heterocycles. The van der Waals surface area contributed by atoms with Crippen molar-refractivity contribution >= 4 is 29.0 Å². The summed E-state index contributed by atoms with van der Waals surface area (Å²) >= 11 is 6.13. The molecular formula is C32H29ClN6O4. The molecule has 1 aliphatic heterocycles. The van der Waals surface area contributed by atoms with E-state index in [0.717, 1.165) is 23.3 Å². The molecule has 43 heavy (non-hydrogen) atoms. The quantitative estimate of drug-likeness (QED) is 0.262. The number of hydrogen-bond donors (Lipinski definition) is 2. The maximum atomic E-state index is 13.3. The van der Waals surface area contributed by atoms with Crippen molar-refractivity contribution in [3.63, 3.8) is 0 Å². The minimum absolute atomic E-state index is 0.0390. The van der Waals surface area contributed by atoms with E-state index in [9.17, 15) is 9.59 Å². The zero-order valence-electron chi connectivity index (χ0n) is 23.6. The molecule has 218 valence electrons. The molecule has 0 aliphatic carbocycles. The second-order valence-electron chi connectivity index (χ2n) is 10.2. The van der Waals surface area contributed by atoms with Gasteiger partial charge in [-0.1, -0.05) is 41.9 Å². The number of nitrogens with two attached hydrogens (primary N) is 1. The standard InChI is InChI=1S/C32H29ClN6O4/c1-19-28(32(41)39(38(19)2)24-7-4-6-22(33)16-24)31(40)36-23-11-9-20(10-12-23)29-30(34)35-17-27(37-29)21-5-3-8-25(15-21)43-26-13-14-42-18-26/h3-12,15-17,26H,13-14,18H2,1-2H3,(H2,34,35)(H,36,40). The van der Waals surface area contributed by atoms with E-state index in [1.807, 2.05) is 24.3 Å². The summed E-state index contributed by atoms with van der Waals surface area (Å²) in [6.07, 6.45) is 2.53. The van der Waals surface area contributed by atoms with E-state index in [1.54, 1.807) is 73.4 Å². The van der Waals surface area contributed by atoms with Crippen molar-refractivity contribution in [2.75, 3.05) is 24.3 Å². The lowest BCUT2D eigenvalue weighted by Crippen LogP contribution is -2.25. The molecule has 5 aromatic rings. The van der Waals surface area contributed by atoms with Gasteiger partial charge in [-0.3, -0.25) is 14.3 Å². The lowest BCUT2D eigenvalue weighted by Gasteiger charge is -2.13. The number of nitrogens with one attached hydrogen (secondary N) is 1. The van der Waals surface area contributed by atoms with E-state index in [1.165, 1.54) is 4.68 Å². The number of hydrogen-bond acceptors (Lipinski definition) is 7. The summed E-state index contributed by atoms with van der Waals surface area (Å²) in [4.78, 5) is 35.7. The summed E-state index contributed by atoms with van der Waals surface area (Å²) in [5, 5.41) is 3.32. The van der Waals surface area contributed by atoms with Crippen LogP contribution in [0.5, 0.6) is 5.75 Å². The molecule has 6 rings (SSSR count). The van der Waals surface area contributed by atoms with Crippen molar-refractivity contribution in [2.24, 2.45) is 7.05 Å². The molecule has 1 aliphatic rings. The second kappa shape index (κ2) is 11.7. The van der Waals surface area contributed by atoms with Crippen LogP contribution in [0.1, 0.15) is 22.5 Å². The molecule has 0 bridgehead atoms. The number of aromatic nitrogens is 4. The maximum Gasteiger partial charge on any atom is 0.284 e. The Hall–Kier alpha value is -4.93. The summed E-state index contributed by atoms with van der Waals surface area (Å²) in [6, 6.07) is 21.6. The molecular weight excluding hydrogens is 568 g/mol. The van der Waals surface area contributed by atoms with Gasteiger partial charge in [-0.05, 0) is 49.4 Å². The molecule has 10 nitrogen and oxygen atoms in total. The van der Waals surface area contributed by atoms with Crippen LogP contribution >= 0.6 is 11.6 Å². The van der Waals surface area contributed by atoms with Gasteiger partial charge in [-0.2, -0.15) is 0 Å². The minimum atomic E-state index is -0.515. The highest BCUT2D eigenvalue weighted by molar-refractivity contribution is 6.30. The molecule has 1 atom stereocenters. The van der Waals surface area contributed by atoms with Crippen LogP contribution in [0.25, 0.3) is 28.2 Å². The van der Waals surface area contributed by atoms with Gasteiger partial charge in [0.05, 0.1) is 36.5 Å². The van der Waals surface area contributed by atoms with Gasteiger partial charge in [0.25, 0.3) is 11.5 Å². The third kappa shape index (κ3) is 5.75. The molecule has 3 heterocycles. The number of anilines is 2. The molecule has 1 amide bonds. The molecule has 3 aromatic carbocycles. The first-order valence-corrected chi connectivity index (χ1v) is 14.1. The normalized spacial score (nSPS) is 14.5. The summed E-state index contributed by atoms with van der Waals surface area (Å²) in [5.74, 6) is 0.498. The smallest absolute Gasteiger partial charge is 0.284 e. The van der Waals surface area contributed by atoms with Gasteiger partial charge in [0.15, 0.2) is 0 Å². The molecule has 0 spiro atoms. The number of carbonyl (C=O) groups is 1. The highest BCUT2D eigenvalue weighted by atomic mass is 35.5. The Kier molecular flexibility index (Phi) is 7.71. The fraction of sp³-hybridized carbons (Fsp3) is 0.188. The van der Waals surface area contributed by atoms with Crippen molar-refractivity contribution in [3.8, 4) is 34.0 Å². The van der Waals surface area contributed by atoms with E-state index < -0.39 is 11.5 Å². The van der Waals surface area contributed by atoms with Crippen LogP contribution in [0.15, 0.2) is 83.8 Å². The van der Waals surface area contributed by atoms with E-state index >= 15 is 0 Å². The summed E-state index contributed by atoms with van der Waals surface area (Å²) in [7, 11) is 1.72. The average Bonchev–Trinajstić information content (AvgIpc) is 3.59. The molecule has 3 N–H and O–H groups in total.